The predicted molar refractivity (Wildman–Crippen MR) is 93.4 cm³/mol. The van der Waals surface area contributed by atoms with Crippen LogP contribution in [0.15, 0.2) is 35.7 Å². The maximum atomic E-state index is 12.3. The minimum atomic E-state index is -0.227. The summed E-state index contributed by atoms with van der Waals surface area (Å²) < 4.78 is 0. The van der Waals surface area contributed by atoms with Gasteiger partial charge in [-0.25, -0.2) is 0 Å². The zero-order valence-electron chi connectivity index (χ0n) is 12.5. The van der Waals surface area contributed by atoms with Crippen LogP contribution >= 0.6 is 22.9 Å². The van der Waals surface area contributed by atoms with Crippen molar-refractivity contribution in [3.63, 3.8) is 0 Å². The first-order valence-corrected chi connectivity index (χ1v) is 8.84. The van der Waals surface area contributed by atoms with Gasteiger partial charge in [0.1, 0.15) is 0 Å². The molecule has 2 N–H and O–H groups in total. The van der Waals surface area contributed by atoms with E-state index in [1.807, 2.05) is 11.4 Å². The highest BCUT2D eigenvalue weighted by atomic mass is 35.5. The maximum Gasteiger partial charge on any atom is 0.265 e. The standard InChI is InChI=1S/C17H17ClN2O2S/c18-13-8-7-11(16(21)19-12-4-1-2-5-12)10-14(13)20-17(22)15-6-3-9-23-15/h3,6-10,12H,1-2,4-5H2,(H,19,21)(H,20,22). The van der Waals surface area contributed by atoms with E-state index in [1.165, 1.54) is 11.3 Å². The van der Waals surface area contributed by atoms with Crippen molar-refractivity contribution >= 4 is 40.4 Å². The summed E-state index contributed by atoms with van der Waals surface area (Å²) in [7, 11) is 0. The molecule has 0 spiro atoms. The molecule has 1 saturated carbocycles. The Kier molecular flexibility index (Phi) is 4.98. The van der Waals surface area contributed by atoms with Crippen molar-refractivity contribution in [1.82, 2.24) is 5.32 Å². The van der Waals surface area contributed by atoms with Crippen LogP contribution in [-0.2, 0) is 0 Å². The van der Waals surface area contributed by atoms with Crippen LogP contribution in [0.25, 0.3) is 0 Å². The molecule has 1 aliphatic rings. The second kappa shape index (κ2) is 7.15. The minimum Gasteiger partial charge on any atom is -0.349 e. The van der Waals surface area contributed by atoms with Gasteiger partial charge in [-0.3, -0.25) is 9.59 Å². The second-order valence-electron chi connectivity index (χ2n) is 5.58. The summed E-state index contributed by atoms with van der Waals surface area (Å²) in [5.41, 5.74) is 0.951. The van der Waals surface area contributed by atoms with Crippen molar-refractivity contribution < 1.29 is 9.59 Å². The average Bonchev–Trinajstić information content (AvgIpc) is 3.22. The summed E-state index contributed by atoms with van der Waals surface area (Å²) in [6, 6.07) is 8.74. The van der Waals surface area contributed by atoms with Gasteiger partial charge in [0.05, 0.1) is 15.6 Å². The monoisotopic (exact) mass is 348 g/mol. The van der Waals surface area contributed by atoms with Gasteiger partial charge in [-0.2, -0.15) is 0 Å². The Morgan fingerprint density at radius 1 is 1.13 bits per heavy atom. The van der Waals surface area contributed by atoms with E-state index in [4.69, 9.17) is 11.6 Å². The maximum absolute atomic E-state index is 12.3. The van der Waals surface area contributed by atoms with Gasteiger partial charge in [-0.15, -0.1) is 11.3 Å². The van der Waals surface area contributed by atoms with Gasteiger partial charge < -0.3 is 10.6 Å². The van der Waals surface area contributed by atoms with Gasteiger partial charge in [0.2, 0.25) is 0 Å². The summed E-state index contributed by atoms with van der Waals surface area (Å²) >= 11 is 7.49. The quantitative estimate of drug-likeness (QED) is 0.864. The Morgan fingerprint density at radius 2 is 1.91 bits per heavy atom. The lowest BCUT2D eigenvalue weighted by atomic mass is 10.1. The molecule has 1 heterocycles. The van der Waals surface area contributed by atoms with Crippen LogP contribution in [0.2, 0.25) is 5.02 Å². The van der Waals surface area contributed by atoms with Crippen molar-refractivity contribution in [1.29, 1.82) is 0 Å². The van der Waals surface area contributed by atoms with E-state index in [0.29, 0.717) is 21.2 Å². The molecule has 0 unspecified atom stereocenters. The van der Waals surface area contributed by atoms with Crippen LogP contribution < -0.4 is 10.6 Å². The fourth-order valence-electron chi connectivity index (χ4n) is 2.69. The van der Waals surface area contributed by atoms with E-state index >= 15 is 0 Å². The third-order valence-corrected chi connectivity index (χ3v) is 5.11. The Hall–Kier alpha value is -1.85. The number of rotatable bonds is 4. The number of hydrogen-bond acceptors (Lipinski definition) is 3. The van der Waals surface area contributed by atoms with Gasteiger partial charge in [0, 0.05) is 11.6 Å². The summed E-state index contributed by atoms with van der Waals surface area (Å²) in [4.78, 5) is 25.0. The topological polar surface area (TPSA) is 58.2 Å². The summed E-state index contributed by atoms with van der Waals surface area (Å²) in [6.07, 6.45) is 4.38. The minimum absolute atomic E-state index is 0.125. The summed E-state index contributed by atoms with van der Waals surface area (Å²) in [5.74, 6) is -0.351. The lowest BCUT2D eigenvalue weighted by Crippen LogP contribution is -2.32. The van der Waals surface area contributed by atoms with E-state index < -0.39 is 0 Å². The van der Waals surface area contributed by atoms with Crippen LogP contribution in [0.4, 0.5) is 5.69 Å². The van der Waals surface area contributed by atoms with Crippen LogP contribution in [0.5, 0.6) is 0 Å². The number of carbonyl (C=O) groups is 2. The zero-order valence-corrected chi connectivity index (χ0v) is 14.0. The zero-order chi connectivity index (χ0) is 16.2. The number of nitrogens with one attached hydrogen (secondary N) is 2. The van der Waals surface area contributed by atoms with Crippen LogP contribution in [-0.4, -0.2) is 17.9 Å². The van der Waals surface area contributed by atoms with Gasteiger partial charge in [0.25, 0.3) is 11.8 Å². The third kappa shape index (κ3) is 3.92. The van der Waals surface area contributed by atoms with E-state index in [9.17, 15) is 9.59 Å². The molecule has 23 heavy (non-hydrogen) atoms. The molecule has 1 aliphatic carbocycles. The normalized spacial score (nSPS) is 14.7. The Labute approximate surface area is 143 Å². The fourth-order valence-corrected chi connectivity index (χ4v) is 3.48. The first-order chi connectivity index (χ1) is 11.1. The molecule has 4 nitrogen and oxygen atoms in total. The molecule has 120 valence electrons. The first kappa shape index (κ1) is 16.0. The number of halogens is 1. The Balaban J connectivity index is 1.73. The van der Waals surface area contributed by atoms with Gasteiger partial charge in [0.15, 0.2) is 0 Å². The van der Waals surface area contributed by atoms with Crippen molar-refractivity contribution in [2.75, 3.05) is 5.32 Å². The molecule has 6 heteroatoms. The van der Waals surface area contributed by atoms with Gasteiger partial charge in [-0.05, 0) is 42.5 Å². The van der Waals surface area contributed by atoms with E-state index in [1.54, 1.807) is 24.3 Å². The van der Waals surface area contributed by atoms with Gasteiger partial charge >= 0.3 is 0 Å². The van der Waals surface area contributed by atoms with Crippen LogP contribution in [0.1, 0.15) is 45.7 Å². The third-order valence-electron chi connectivity index (χ3n) is 3.91. The first-order valence-electron chi connectivity index (χ1n) is 7.59. The predicted octanol–water partition coefficient (Wildman–Crippen LogP) is 4.33. The molecular formula is C17H17ClN2O2S. The number of benzene rings is 1. The number of thiophene rings is 1. The second-order valence-corrected chi connectivity index (χ2v) is 6.94. The van der Waals surface area contributed by atoms with E-state index in [0.717, 1.165) is 25.7 Å². The highest BCUT2D eigenvalue weighted by molar-refractivity contribution is 7.12. The smallest absolute Gasteiger partial charge is 0.265 e. The molecule has 0 saturated heterocycles. The van der Waals surface area contributed by atoms with Crippen molar-refractivity contribution in [3.8, 4) is 0 Å². The molecule has 0 bridgehead atoms. The molecule has 1 aromatic carbocycles. The summed E-state index contributed by atoms with van der Waals surface area (Å²) in [6.45, 7) is 0. The Bertz CT molecular complexity index is 709. The van der Waals surface area contributed by atoms with E-state index in [2.05, 4.69) is 10.6 Å². The molecule has 2 amide bonds. The van der Waals surface area contributed by atoms with Crippen LogP contribution in [0, 0.1) is 0 Å². The molecule has 0 atom stereocenters. The van der Waals surface area contributed by atoms with E-state index in [-0.39, 0.29) is 17.9 Å². The largest absolute Gasteiger partial charge is 0.349 e. The SMILES string of the molecule is O=C(NC1CCCC1)c1ccc(Cl)c(NC(=O)c2cccs2)c1. The highest BCUT2D eigenvalue weighted by Gasteiger charge is 2.19. The van der Waals surface area contributed by atoms with Crippen molar-refractivity contribution in [2.24, 2.45) is 0 Å². The number of carbonyl (C=O) groups excluding carboxylic acids is 2. The lowest BCUT2D eigenvalue weighted by Gasteiger charge is -2.13. The molecule has 0 radical (unpaired) electrons. The molecule has 1 aromatic heterocycles. The molecule has 0 aliphatic heterocycles. The number of amides is 2. The molecule has 3 rings (SSSR count). The van der Waals surface area contributed by atoms with Gasteiger partial charge in [-0.1, -0.05) is 30.5 Å². The summed E-state index contributed by atoms with van der Waals surface area (Å²) in [5, 5.41) is 8.04. The van der Waals surface area contributed by atoms with Crippen LogP contribution in [0.3, 0.4) is 0 Å². The molecular weight excluding hydrogens is 332 g/mol. The highest BCUT2D eigenvalue weighted by Crippen LogP contribution is 2.25. The molecule has 2 aromatic rings. The number of anilines is 1. The van der Waals surface area contributed by atoms with Crippen molar-refractivity contribution in [3.05, 3.63) is 51.2 Å². The number of hydrogen-bond donors (Lipinski definition) is 2. The van der Waals surface area contributed by atoms with Crippen molar-refractivity contribution in [2.45, 2.75) is 31.7 Å². The fraction of sp³-hybridized carbons (Fsp3) is 0.294. The molecule has 1 fully saturated rings. The average molecular weight is 349 g/mol. The Morgan fingerprint density at radius 3 is 2.61 bits per heavy atom. The lowest BCUT2D eigenvalue weighted by molar-refractivity contribution is 0.0936.